The van der Waals surface area contributed by atoms with E-state index in [9.17, 15) is 14.4 Å². The lowest BCUT2D eigenvalue weighted by atomic mass is 9.85. The fourth-order valence-electron chi connectivity index (χ4n) is 4.06. The molecule has 4 rings (SSSR count). The first kappa shape index (κ1) is 13.5. The lowest BCUT2D eigenvalue weighted by Crippen LogP contribution is -2.55. The summed E-state index contributed by atoms with van der Waals surface area (Å²) in [6.07, 6.45) is 1.60. The van der Waals surface area contributed by atoms with Crippen LogP contribution in [0.15, 0.2) is 23.4 Å². The zero-order valence-electron chi connectivity index (χ0n) is 11.9. The average Bonchev–Trinajstić information content (AvgIpc) is 3.08. The van der Waals surface area contributed by atoms with E-state index in [1.54, 1.807) is 0 Å². The van der Waals surface area contributed by atoms with Gasteiger partial charge in [-0.3, -0.25) is 9.59 Å². The number of fused-ring (bicyclic) bond motifs is 4. The summed E-state index contributed by atoms with van der Waals surface area (Å²) in [5.74, 6) is -1.03. The number of hydrogen-bond donors (Lipinski definition) is 2. The van der Waals surface area contributed by atoms with Crippen molar-refractivity contribution in [1.29, 1.82) is 0 Å². The molecule has 0 saturated carbocycles. The topological polar surface area (TPSA) is 121 Å². The Kier molecular flexibility index (Phi) is 2.56. The molecule has 0 aromatic heterocycles. The molecule has 3 heterocycles. The molecule has 2 fully saturated rings. The molecule has 3 N–H and O–H groups in total. The van der Waals surface area contributed by atoms with E-state index in [0.29, 0.717) is 17.8 Å². The fourth-order valence-corrected chi connectivity index (χ4v) is 4.06. The molecule has 1 amide bonds. The molecule has 116 valence electrons. The van der Waals surface area contributed by atoms with Gasteiger partial charge in [-0.25, -0.2) is 4.79 Å². The van der Waals surface area contributed by atoms with Crippen LogP contribution in [-0.2, 0) is 19.1 Å². The fraction of sp³-hybridized carbons (Fsp3) is 0.500. The lowest BCUT2D eigenvalue weighted by Gasteiger charge is -2.39. The van der Waals surface area contributed by atoms with Crippen molar-refractivity contribution in [2.75, 3.05) is 20.3 Å². The van der Waals surface area contributed by atoms with Gasteiger partial charge in [0, 0.05) is 25.3 Å². The second-order valence-corrected chi connectivity index (χ2v) is 5.82. The van der Waals surface area contributed by atoms with Gasteiger partial charge in [-0.15, -0.1) is 0 Å². The number of ether oxygens (including phenoxy) is 2. The van der Waals surface area contributed by atoms with Crippen LogP contribution in [0.1, 0.15) is 0 Å². The van der Waals surface area contributed by atoms with E-state index in [-0.39, 0.29) is 30.3 Å². The maximum atomic E-state index is 12.3. The van der Waals surface area contributed by atoms with Crippen LogP contribution >= 0.6 is 0 Å². The van der Waals surface area contributed by atoms with Gasteiger partial charge >= 0.3 is 6.09 Å². The number of ketones is 2. The maximum Gasteiger partial charge on any atom is 0.404 e. The van der Waals surface area contributed by atoms with E-state index in [4.69, 9.17) is 15.2 Å². The van der Waals surface area contributed by atoms with E-state index in [0.717, 1.165) is 0 Å². The van der Waals surface area contributed by atoms with Gasteiger partial charge in [0.1, 0.15) is 6.61 Å². The van der Waals surface area contributed by atoms with Crippen LogP contribution in [0.5, 0.6) is 0 Å². The molecule has 0 radical (unpaired) electrons. The Morgan fingerprint density at radius 1 is 1.45 bits per heavy atom. The number of rotatable bonds is 3. The van der Waals surface area contributed by atoms with Crippen molar-refractivity contribution in [3.63, 3.8) is 0 Å². The number of primary amides is 1. The van der Waals surface area contributed by atoms with Crippen LogP contribution in [0.4, 0.5) is 4.79 Å². The van der Waals surface area contributed by atoms with Crippen molar-refractivity contribution >= 4 is 17.7 Å². The zero-order valence-corrected chi connectivity index (χ0v) is 11.9. The minimum absolute atomic E-state index is 0.00910. The molecule has 8 heteroatoms. The second kappa shape index (κ2) is 4.17. The molecular formula is C14H15N3O5. The SMILES string of the molecule is COC12[C@@H]3N[C@@H]3CN1C1=C(C(=O)C=CC1=O)[C@@H]2COC(N)=O. The monoisotopic (exact) mass is 305 g/mol. The number of carbonyl (C=O) groups is 3. The highest BCUT2D eigenvalue weighted by Crippen LogP contribution is 2.54. The summed E-state index contributed by atoms with van der Waals surface area (Å²) in [5.41, 5.74) is 4.88. The third kappa shape index (κ3) is 1.46. The Balaban J connectivity index is 1.81. The van der Waals surface area contributed by atoms with E-state index >= 15 is 0 Å². The van der Waals surface area contributed by atoms with Crippen molar-refractivity contribution in [2.24, 2.45) is 11.7 Å². The van der Waals surface area contributed by atoms with E-state index in [1.807, 2.05) is 4.90 Å². The van der Waals surface area contributed by atoms with Crippen LogP contribution in [-0.4, -0.2) is 60.6 Å². The molecule has 22 heavy (non-hydrogen) atoms. The first-order chi connectivity index (χ1) is 10.5. The Bertz CT molecular complexity index is 669. The lowest BCUT2D eigenvalue weighted by molar-refractivity contribution is -0.136. The molecule has 4 aliphatic rings. The molecule has 1 unspecified atom stereocenters. The number of amides is 1. The van der Waals surface area contributed by atoms with Crippen LogP contribution in [0.3, 0.4) is 0 Å². The minimum Gasteiger partial charge on any atom is -0.449 e. The molecule has 0 bridgehead atoms. The largest absolute Gasteiger partial charge is 0.449 e. The standard InChI is InChI=1S/C14H15N3O5/c1-21-14-6(5-22-13(15)20)10-8(18)2-3-9(19)11(10)17(14)4-7-12(14)16-7/h2-3,6-7,12,16H,4-5H2,1H3,(H2,15,20)/t6-,7+,12+,14?/m0/s1. The summed E-state index contributed by atoms with van der Waals surface area (Å²) in [4.78, 5) is 37.4. The Hall–Kier alpha value is -2.19. The quantitative estimate of drug-likeness (QED) is 0.489. The molecule has 0 spiro atoms. The molecule has 1 aliphatic carbocycles. The number of nitrogens with two attached hydrogens (primary N) is 1. The highest BCUT2D eigenvalue weighted by atomic mass is 16.6. The van der Waals surface area contributed by atoms with Crippen molar-refractivity contribution in [3.05, 3.63) is 23.4 Å². The third-order valence-electron chi connectivity index (χ3n) is 4.91. The van der Waals surface area contributed by atoms with Gasteiger partial charge < -0.3 is 25.4 Å². The first-order valence-corrected chi connectivity index (χ1v) is 7.02. The van der Waals surface area contributed by atoms with Gasteiger partial charge in [-0.2, -0.15) is 0 Å². The number of piperazine rings is 1. The number of nitrogens with zero attached hydrogens (tertiary/aromatic N) is 1. The number of hydrogen-bond acceptors (Lipinski definition) is 7. The molecule has 8 nitrogen and oxygen atoms in total. The van der Waals surface area contributed by atoms with E-state index in [2.05, 4.69) is 5.32 Å². The summed E-state index contributed by atoms with van der Waals surface area (Å²) in [5, 5.41) is 3.28. The van der Waals surface area contributed by atoms with Crippen molar-refractivity contribution in [1.82, 2.24) is 10.2 Å². The van der Waals surface area contributed by atoms with Gasteiger partial charge in [0.2, 0.25) is 5.78 Å². The number of allylic oxidation sites excluding steroid dienone is 2. The predicted octanol–water partition coefficient (Wildman–Crippen LogP) is -1.33. The summed E-state index contributed by atoms with van der Waals surface area (Å²) in [6, 6.07) is 0.198. The van der Waals surface area contributed by atoms with E-state index in [1.165, 1.54) is 19.3 Å². The third-order valence-corrected chi connectivity index (χ3v) is 4.91. The molecular weight excluding hydrogens is 290 g/mol. The molecule has 0 aromatic rings. The minimum atomic E-state index is -0.921. The average molecular weight is 305 g/mol. The van der Waals surface area contributed by atoms with Crippen LogP contribution in [0, 0.1) is 5.92 Å². The number of nitrogens with one attached hydrogen (secondary N) is 1. The summed E-state index contributed by atoms with van der Waals surface area (Å²) < 4.78 is 10.7. The molecule has 3 aliphatic heterocycles. The molecule has 0 aromatic carbocycles. The predicted molar refractivity (Wildman–Crippen MR) is 72.4 cm³/mol. The maximum absolute atomic E-state index is 12.3. The van der Waals surface area contributed by atoms with Crippen LogP contribution in [0.25, 0.3) is 0 Å². The molecule has 2 saturated heterocycles. The highest BCUT2D eigenvalue weighted by molar-refractivity contribution is 6.21. The summed E-state index contributed by atoms with van der Waals surface area (Å²) >= 11 is 0. The molecule has 4 atom stereocenters. The zero-order chi connectivity index (χ0) is 15.6. The smallest absolute Gasteiger partial charge is 0.404 e. The summed E-state index contributed by atoms with van der Waals surface area (Å²) in [6.45, 7) is 0.480. The Labute approximate surface area is 125 Å². The van der Waals surface area contributed by atoms with Crippen LogP contribution < -0.4 is 11.1 Å². The number of methoxy groups -OCH3 is 1. The van der Waals surface area contributed by atoms with Gasteiger partial charge in [-0.05, 0) is 12.2 Å². The normalized spacial score (nSPS) is 38.0. The van der Waals surface area contributed by atoms with Gasteiger partial charge in [0.15, 0.2) is 11.5 Å². The van der Waals surface area contributed by atoms with E-state index < -0.39 is 17.7 Å². The summed E-state index contributed by atoms with van der Waals surface area (Å²) in [7, 11) is 1.54. The Morgan fingerprint density at radius 2 is 2.18 bits per heavy atom. The second-order valence-electron chi connectivity index (χ2n) is 5.82. The van der Waals surface area contributed by atoms with Crippen LogP contribution in [0.2, 0.25) is 0 Å². The van der Waals surface area contributed by atoms with Crippen molar-refractivity contribution in [2.45, 2.75) is 17.8 Å². The van der Waals surface area contributed by atoms with Crippen molar-refractivity contribution < 1.29 is 23.9 Å². The van der Waals surface area contributed by atoms with Gasteiger partial charge in [0.05, 0.1) is 17.7 Å². The first-order valence-electron chi connectivity index (χ1n) is 7.02. The number of carbonyl (C=O) groups excluding carboxylic acids is 3. The van der Waals surface area contributed by atoms with Crippen molar-refractivity contribution in [3.8, 4) is 0 Å². The van der Waals surface area contributed by atoms with Gasteiger partial charge in [0.25, 0.3) is 0 Å². The van der Waals surface area contributed by atoms with Gasteiger partial charge in [-0.1, -0.05) is 0 Å². The Morgan fingerprint density at radius 3 is 2.86 bits per heavy atom. The highest BCUT2D eigenvalue weighted by Gasteiger charge is 2.72.